The standard InChI is InChI=1S/C11H20O4/c1-5-6-8(7-9(12)13)10(14)15-11(2,3)4/h8H,5-7H2,1-4H3,(H,12,13). The van der Waals surface area contributed by atoms with Crippen LogP contribution in [0.25, 0.3) is 0 Å². The topological polar surface area (TPSA) is 63.6 Å². The van der Waals surface area contributed by atoms with E-state index in [1.807, 2.05) is 6.92 Å². The number of rotatable bonds is 5. The van der Waals surface area contributed by atoms with Crippen molar-refractivity contribution in [3.05, 3.63) is 0 Å². The molecule has 0 aliphatic rings. The van der Waals surface area contributed by atoms with Gasteiger partial charge in [-0.2, -0.15) is 0 Å². The molecule has 0 rings (SSSR count). The van der Waals surface area contributed by atoms with E-state index in [1.54, 1.807) is 20.8 Å². The van der Waals surface area contributed by atoms with Crippen LogP contribution in [0.15, 0.2) is 0 Å². The highest BCUT2D eigenvalue weighted by molar-refractivity contribution is 5.79. The van der Waals surface area contributed by atoms with Crippen molar-refractivity contribution in [1.82, 2.24) is 0 Å². The maximum Gasteiger partial charge on any atom is 0.310 e. The van der Waals surface area contributed by atoms with Crippen molar-refractivity contribution in [1.29, 1.82) is 0 Å². The lowest BCUT2D eigenvalue weighted by Crippen LogP contribution is -2.29. The van der Waals surface area contributed by atoms with Gasteiger partial charge in [0.05, 0.1) is 12.3 Å². The Balaban J connectivity index is 4.35. The predicted molar refractivity (Wildman–Crippen MR) is 56.5 cm³/mol. The molecule has 0 heterocycles. The zero-order chi connectivity index (χ0) is 12.1. The van der Waals surface area contributed by atoms with Gasteiger partial charge in [0.15, 0.2) is 0 Å². The average molecular weight is 216 g/mol. The summed E-state index contributed by atoms with van der Waals surface area (Å²) in [6.45, 7) is 7.23. The van der Waals surface area contributed by atoms with Gasteiger partial charge in [-0.1, -0.05) is 13.3 Å². The average Bonchev–Trinajstić information content (AvgIpc) is 1.99. The van der Waals surface area contributed by atoms with Gasteiger partial charge in [0, 0.05) is 0 Å². The van der Waals surface area contributed by atoms with E-state index in [2.05, 4.69) is 0 Å². The molecular formula is C11H20O4. The summed E-state index contributed by atoms with van der Waals surface area (Å²) in [7, 11) is 0. The molecule has 1 unspecified atom stereocenters. The maximum atomic E-state index is 11.6. The first-order valence-electron chi connectivity index (χ1n) is 5.21. The van der Waals surface area contributed by atoms with Gasteiger partial charge in [0.2, 0.25) is 0 Å². The lowest BCUT2D eigenvalue weighted by atomic mass is 10.00. The number of hydrogen-bond donors (Lipinski definition) is 1. The fourth-order valence-corrected chi connectivity index (χ4v) is 1.25. The Labute approximate surface area is 90.6 Å². The zero-order valence-corrected chi connectivity index (χ0v) is 9.87. The number of aliphatic carboxylic acids is 1. The Bertz CT molecular complexity index is 227. The van der Waals surface area contributed by atoms with Crippen LogP contribution >= 0.6 is 0 Å². The zero-order valence-electron chi connectivity index (χ0n) is 9.87. The largest absolute Gasteiger partial charge is 0.481 e. The second kappa shape index (κ2) is 5.73. The summed E-state index contributed by atoms with van der Waals surface area (Å²) in [6.07, 6.45) is 1.18. The number of carbonyl (C=O) groups excluding carboxylic acids is 1. The van der Waals surface area contributed by atoms with Crippen LogP contribution in [0.1, 0.15) is 47.0 Å². The van der Waals surface area contributed by atoms with Crippen molar-refractivity contribution < 1.29 is 19.4 Å². The van der Waals surface area contributed by atoms with E-state index in [0.29, 0.717) is 6.42 Å². The first-order valence-corrected chi connectivity index (χ1v) is 5.21. The molecule has 0 saturated heterocycles. The van der Waals surface area contributed by atoms with Gasteiger partial charge in [0.25, 0.3) is 0 Å². The third-order valence-electron chi connectivity index (χ3n) is 1.80. The molecule has 0 fully saturated rings. The minimum atomic E-state index is -0.959. The van der Waals surface area contributed by atoms with E-state index in [4.69, 9.17) is 9.84 Å². The molecule has 1 atom stereocenters. The van der Waals surface area contributed by atoms with Gasteiger partial charge in [-0.3, -0.25) is 9.59 Å². The SMILES string of the molecule is CCCC(CC(=O)O)C(=O)OC(C)(C)C. The molecule has 0 aliphatic heterocycles. The lowest BCUT2D eigenvalue weighted by Gasteiger charge is -2.23. The highest BCUT2D eigenvalue weighted by atomic mass is 16.6. The molecule has 15 heavy (non-hydrogen) atoms. The van der Waals surface area contributed by atoms with E-state index in [1.165, 1.54) is 0 Å². The second-order valence-corrected chi connectivity index (χ2v) is 4.62. The molecule has 0 aromatic heterocycles. The summed E-state index contributed by atoms with van der Waals surface area (Å²) >= 11 is 0. The van der Waals surface area contributed by atoms with Gasteiger partial charge in [-0.05, 0) is 27.2 Å². The van der Waals surface area contributed by atoms with Crippen LogP contribution in [0.2, 0.25) is 0 Å². The van der Waals surface area contributed by atoms with Crippen LogP contribution in [-0.4, -0.2) is 22.6 Å². The molecule has 1 N–H and O–H groups in total. The van der Waals surface area contributed by atoms with Crippen molar-refractivity contribution in [2.24, 2.45) is 5.92 Å². The molecule has 0 radical (unpaired) electrons. The number of hydrogen-bond acceptors (Lipinski definition) is 3. The Kier molecular flexibility index (Phi) is 5.33. The van der Waals surface area contributed by atoms with Gasteiger partial charge in [-0.25, -0.2) is 0 Å². The Hall–Kier alpha value is -1.06. The normalized spacial score (nSPS) is 13.3. The summed E-state index contributed by atoms with van der Waals surface area (Å²) in [4.78, 5) is 22.1. The van der Waals surface area contributed by atoms with Gasteiger partial charge < -0.3 is 9.84 Å². The van der Waals surface area contributed by atoms with E-state index < -0.39 is 23.5 Å². The number of carboxylic acids is 1. The van der Waals surface area contributed by atoms with E-state index in [0.717, 1.165) is 6.42 Å². The van der Waals surface area contributed by atoms with Crippen molar-refractivity contribution in [3.8, 4) is 0 Å². The summed E-state index contributed by atoms with van der Waals surface area (Å²) in [5.74, 6) is -1.89. The van der Waals surface area contributed by atoms with Crippen molar-refractivity contribution in [3.63, 3.8) is 0 Å². The Morgan fingerprint density at radius 1 is 1.33 bits per heavy atom. The van der Waals surface area contributed by atoms with Crippen molar-refractivity contribution >= 4 is 11.9 Å². The van der Waals surface area contributed by atoms with Gasteiger partial charge in [-0.15, -0.1) is 0 Å². The quantitative estimate of drug-likeness (QED) is 0.716. The van der Waals surface area contributed by atoms with Crippen molar-refractivity contribution in [2.45, 2.75) is 52.6 Å². The van der Waals surface area contributed by atoms with Crippen LogP contribution in [0.5, 0.6) is 0 Å². The first-order chi connectivity index (χ1) is 6.76. The van der Waals surface area contributed by atoms with Crippen LogP contribution in [0.4, 0.5) is 0 Å². The maximum absolute atomic E-state index is 11.6. The predicted octanol–water partition coefficient (Wildman–Crippen LogP) is 2.22. The number of carbonyl (C=O) groups is 2. The van der Waals surface area contributed by atoms with E-state index in [9.17, 15) is 9.59 Å². The molecule has 4 heteroatoms. The van der Waals surface area contributed by atoms with Crippen molar-refractivity contribution in [2.75, 3.05) is 0 Å². The van der Waals surface area contributed by atoms with Gasteiger partial charge >= 0.3 is 11.9 Å². The second-order valence-electron chi connectivity index (χ2n) is 4.62. The summed E-state index contributed by atoms with van der Waals surface area (Å²) in [5.41, 5.74) is -0.554. The summed E-state index contributed by atoms with van der Waals surface area (Å²) in [6, 6.07) is 0. The fourth-order valence-electron chi connectivity index (χ4n) is 1.25. The van der Waals surface area contributed by atoms with Crippen LogP contribution < -0.4 is 0 Å². The highest BCUT2D eigenvalue weighted by Gasteiger charge is 2.26. The molecule has 0 aromatic rings. The molecule has 0 spiro atoms. The minimum Gasteiger partial charge on any atom is -0.481 e. The monoisotopic (exact) mass is 216 g/mol. The molecule has 88 valence electrons. The summed E-state index contributed by atoms with van der Waals surface area (Å²) < 4.78 is 5.15. The lowest BCUT2D eigenvalue weighted by molar-refractivity contribution is -0.163. The summed E-state index contributed by atoms with van der Waals surface area (Å²) in [5, 5.41) is 8.65. The third kappa shape index (κ3) is 6.94. The highest BCUT2D eigenvalue weighted by Crippen LogP contribution is 2.17. The van der Waals surface area contributed by atoms with Crippen LogP contribution in [0, 0.1) is 5.92 Å². The molecule has 0 bridgehead atoms. The van der Waals surface area contributed by atoms with Gasteiger partial charge in [0.1, 0.15) is 5.60 Å². The number of esters is 1. The molecule has 0 amide bonds. The Morgan fingerprint density at radius 2 is 1.87 bits per heavy atom. The number of ether oxygens (including phenoxy) is 1. The third-order valence-corrected chi connectivity index (χ3v) is 1.80. The molecule has 0 aliphatic carbocycles. The van der Waals surface area contributed by atoms with Crippen LogP contribution in [-0.2, 0) is 14.3 Å². The van der Waals surface area contributed by atoms with E-state index >= 15 is 0 Å². The first kappa shape index (κ1) is 13.9. The Morgan fingerprint density at radius 3 is 2.20 bits per heavy atom. The molecule has 4 nitrogen and oxygen atoms in total. The molecule has 0 saturated carbocycles. The molecular weight excluding hydrogens is 196 g/mol. The van der Waals surface area contributed by atoms with Crippen LogP contribution in [0.3, 0.4) is 0 Å². The smallest absolute Gasteiger partial charge is 0.310 e. The fraction of sp³-hybridized carbons (Fsp3) is 0.818. The van der Waals surface area contributed by atoms with E-state index in [-0.39, 0.29) is 6.42 Å². The number of carboxylic acid groups (broad SMARTS) is 1. The minimum absolute atomic E-state index is 0.150. The molecule has 0 aromatic carbocycles.